The molecule has 2 aliphatic rings. The number of hydrogen-bond acceptors (Lipinski definition) is 5. The van der Waals surface area contributed by atoms with Crippen molar-refractivity contribution in [2.45, 2.75) is 19.1 Å². The molecule has 104 valence electrons. The summed E-state index contributed by atoms with van der Waals surface area (Å²) >= 11 is 2.33. The predicted octanol–water partition coefficient (Wildman–Crippen LogP) is 2.07. The molecule has 0 spiro atoms. The van der Waals surface area contributed by atoms with Crippen molar-refractivity contribution in [3.8, 4) is 0 Å². The predicted molar refractivity (Wildman–Crippen MR) is 82.6 cm³/mol. The number of nitrogens with zero attached hydrogens (tertiary/aromatic N) is 2. The second kappa shape index (κ2) is 5.41. The third-order valence-corrected chi connectivity index (χ3v) is 4.13. The summed E-state index contributed by atoms with van der Waals surface area (Å²) in [4.78, 5) is 6.96. The molecule has 0 bridgehead atoms. The van der Waals surface area contributed by atoms with Gasteiger partial charge in [0.05, 0.1) is 19.8 Å². The van der Waals surface area contributed by atoms with Crippen molar-refractivity contribution in [3.63, 3.8) is 0 Å². The molecule has 3 heterocycles. The number of anilines is 2. The van der Waals surface area contributed by atoms with Crippen molar-refractivity contribution in [2.75, 3.05) is 43.1 Å². The van der Waals surface area contributed by atoms with Crippen LogP contribution >= 0.6 is 22.6 Å². The van der Waals surface area contributed by atoms with Gasteiger partial charge in [0.25, 0.3) is 0 Å². The average Bonchev–Trinajstić information content (AvgIpc) is 2.37. The van der Waals surface area contributed by atoms with Crippen molar-refractivity contribution in [2.24, 2.45) is 0 Å². The van der Waals surface area contributed by atoms with E-state index in [9.17, 15) is 0 Å². The lowest BCUT2D eigenvalue weighted by molar-refractivity contribution is -0.113. The smallest absolute Gasteiger partial charge is 0.139 e. The highest BCUT2D eigenvalue weighted by molar-refractivity contribution is 14.1. The number of morpholine rings is 1. The molecule has 2 aliphatic heterocycles. The van der Waals surface area contributed by atoms with Crippen LogP contribution in [0.5, 0.6) is 0 Å². The largest absolute Gasteiger partial charge is 0.378 e. The van der Waals surface area contributed by atoms with Crippen molar-refractivity contribution < 1.29 is 9.47 Å². The van der Waals surface area contributed by atoms with Gasteiger partial charge < -0.3 is 19.7 Å². The summed E-state index contributed by atoms with van der Waals surface area (Å²) in [5, 5.41) is 3.38. The molecule has 0 radical (unpaired) electrons. The van der Waals surface area contributed by atoms with Gasteiger partial charge in [-0.15, -0.1) is 0 Å². The summed E-state index contributed by atoms with van der Waals surface area (Å²) in [6.07, 6.45) is 1.02. The molecule has 0 aliphatic carbocycles. The Morgan fingerprint density at radius 3 is 2.68 bits per heavy atom. The van der Waals surface area contributed by atoms with E-state index in [2.05, 4.69) is 51.9 Å². The Morgan fingerprint density at radius 1 is 1.32 bits per heavy atom. The van der Waals surface area contributed by atoms with Gasteiger partial charge in [0.1, 0.15) is 17.4 Å². The molecule has 1 aromatic rings. The van der Waals surface area contributed by atoms with Gasteiger partial charge in [-0.3, -0.25) is 0 Å². The van der Waals surface area contributed by atoms with E-state index in [1.807, 2.05) is 0 Å². The van der Waals surface area contributed by atoms with Crippen LogP contribution in [-0.2, 0) is 9.47 Å². The monoisotopic (exact) mass is 375 g/mol. The minimum absolute atomic E-state index is 0.250. The number of rotatable bonds is 3. The molecule has 1 unspecified atom stereocenters. The lowest BCUT2D eigenvalue weighted by atomic mass is 10.1. The second-order valence-corrected chi connectivity index (χ2v) is 6.33. The highest BCUT2D eigenvalue weighted by Crippen LogP contribution is 2.28. The van der Waals surface area contributed by atoms with E-state index in [4.69, 9.17) is 14.5 Å². The standard InChI is InChI=1S/C13H18IN3O2/c1-13(2-5-19-13)16-11-8-10(14)9-12(15-11)17-3-6-18-7-4-17/h8-9H,2-7H2,1H3,(H,15,16). The molecular formula is C13H18IN3O2. The first kappa shape index (κ1) is 13.4. The summed E-state index contributed by atoms with van der Waals surface area (Å²) in [5.41, 5.74) is -0.250. The summed E-state index contributed by atoms with van der Waals surface area (Å²) in [6, 6.07) is 4.17. The van der Waals surface area contributed by atoms with Crippen LogP contribution in [0.4, 0.5) is 11.6 Å². The molecule has 2 saturated heterocycles. The van der Waals surface area contributed by atoms with Crippen LogP contribution in [0.3, 0.4) is 0 Å². The molecule has 2 fully saturated rings. The summed E-state index contributed by atoms with van der Waals surface area (Å²) in [5.74, 6) is 1.90. The third kappa shape index (κ3) is 3.11. The minimum Gasteiger partial charge on any atom is -0.378 e. The number of aromatic nitrogens is 1. The Kier molecular flexibility index (Phi) is 3.81. The maximum absolute atomic E-state index is 5.56. The molecule has 1 N–H and O–H groups in total. The van der Waals surface area contributed by atoms with Crippen LogP contribution in [0.25, 0.3) is 0 Å². The number of pyridine rings is 1. The van der Waals surface area contributed by atoms with E-state index in [-0.39, 0.29) is 5.72 Å². The number of nitrogens with one attached hydrogen (secondary N) is 1. The van der Waals surface area contributed by atoms with Gasteiger partial charge in [-0.2, -0.15) is 0 Å². The van der Waals surface area contributed by atoms with Gasteiger partial charge in [0.2, 0.25) is 0 Å². The SMILES string of the molecule is CC1(Nc2cc(I)cc(N3CCOCC3)n2)CCO1. The van der Waals surface area contributed by atoms with Gasteiger partial charge in [0.15, 0.2) is 0 Å². The Labute approximate surface area is 126 Å². The molecule has 1 aromatic heterocycles. The van der Waals surface area contributed by atoms with Gasteiger partial charge in [-0.1, -0.05) is 0 Å². The summed E-state index contributed by atoms with van der Waals surface area (Å²) < 4.78 is 12.1. The van der Waals surface area contributed by atoms with E-state index in [0.29, 0.717) is 0 Å². The van der Waals surface area contributed by atoms with Crippen LogP contribution in [0.2, 0.25) is 0 Å². The first-order valence-electron chi connectivity index (χ1n) is 6.57. The van der Waals surface area contributed by atoms with E-state index in [1.165, 1.54) is 3.57 Å². The quantitative estimate of drug-likeness (QED) is 0.820. The maximum Gasteiger partial charge on any atom is 0.139 e. The number of hydrogen-bond donors (Lipinski definition) is 1. The fourth-order valence-electron chi connectivity index (χ4n) is 2.28. The van der Waals surface area contributed by atoms with Crippen LogP contribution in [0.15, 0.2) is 12.1 Å². The Bertz CT molecular complexity index is 459. The normalized spacial score (nSPS) is 26.9. The van der Waals surface area contributed by atoms with Crippen molar-refractivity contribution in [1.82, 2.24) is 4.98 Å². The Balaban J connectivity index is 1.78. The fraction of sp³-hybridized carbons (Fsp3) is 0.615. The van der Waals surface area contributed by atoms with Gasteiger partial charge in [-0.25, -0.2) is 4.98 Å². The lowest BCUT2D eigenvalue weighted by Gasteiger charge is -2.39. The minimum atomic E-state index is -0.250. The zero-order valence-electron chi connectivity index (χ0n) is 11.0. The number of ether oxygens (including phenoxy) is 2. The lowest BCUT2D eigenvalue weighted by Crippen LogP contribution is -2.48. The van der Waals surface area contributed by atoms with Crippen molar-refractivity contribution in [3.05, 3.63) is 15.7 Å². The molecule has 0 amide bonds. The molecule has 3 rings (SSSR count). The van der Waals surface area contributed by atoms with E-state index >= 15 is 0 Å². The average molecular weight is 375 g/mol. The van der Waals surface area contributed by atoms with Crippen LogP contribution < -0.4 is 10.2 Å². The van der Waals surface area contributed by atoms with Crippen molar-refractivity contribution in [1.29, 1.82) is 0 Å². The van der Waals surface area contributed by atoms with Crippen LogP contribution in [-0.4, -0.2) is 43.6 Å². The summed E-state index contributed by atoms with van der Waals surface area (Å²) in [7, 11) is 0. The molecule has 1 atom stereocenters. The first-order chi connectivity index (χ1) is 9.15. The first-order valence-corrected chi connectivity index (χ1v) is 7.65. The highest BCUT2D eigenvalue weighted by Gasteiger charge is 2.33. The van der Waals surface area contributed by atoms with Gasteiger partial charge >= 0.3 is 0 Å². The number of halogens is 1. The fourth-order valence-corrected chi connectivity index (χ4v) is 2.85. The van der Waals surface area contributed by atoms with Crippen LogP contribution in [0, 0.1) is 3.57 Å². The van der Waals surface area contributed by atoms with Gasteiger partial charge in [0, 0.05) is 23.1 Å². The van der Waals surface area contributed by atoms with E-state index < -0.39 is 0 Å². The Hall–Kier alpha value is -0.600. The molecule has 5 nitrogen and oxygen atoms in total. The molecule has 6 heteroatoms. The van der Waals surface area contributed by atoms with Gasteiger partial charge in [-0.05, 0) is 41.6 Å². The highest BCUT2D eigenvalue weighted by atomic mass is 127. The topological polar surface area (TPSA) is 46.6 Å². The summed E-state index contributed by atoms with van der Waals surface area (Å²) in [6.45, 7) is 6.24. The van der Waals surface area contributed by atoms with E-state index in [0.717, 1.165) is 51.0 Å². The molecule has 0 saturated carbocycles. The zero-order valence-corrected chi connectivity index (χ0v) is 13.1. The third-order valence-electron chi connectivity index (χ3n) is 3.50. The van der Waals surface area contributed by atoms with E-state index in [1.54, 1.807) is 0 Å². The Morgan fingerprint density at radius 2 is 2.05 bits per heavy atom. The second-order valence-electron chi connectivity index (χ2n) is 5.08. The molecular weight excluding hydrogens is 357 g/mol. The van der Waals surface area contributed by atoms with Crippen molar-refractivity contribution >= 4 is 34.2 Å². The zero-order chi connectivity index (χ0) is 13.3. The van der Waals surface area contributed by atoms with Crippen LogP contribution in [0.1, 0.15) is 13.3 Å². The maximum atomic E-state index is 5.56. The molecule has 19 heavy (non-hydrogen) atoms. The molecule has 0 aromatic carbocycles.